The molecule has 9 rings (SSSR count). The molecule has 0 bridgehead atoms. The molecule has 8 aromatic rings. The van der Waals surface area contributed by atoms with Crippen LogP contribution in [0.25, 0.3) is 56.7 Å². The van der Waals surface area contributed by atoms with E-state index in [1.807, 2.05) is 97.1 Å². The van der Waals surface area contributed by atoms with Crippen molar-refractivity contribution in [1.29, 1.82) is 0 Å². The molecule has 0 spiro atoms. The van der Waals surface area contributed by atoms with Crippen molar-refractivity contribution in [1.82, 2.24) is 29.9 Å². The Labute approximate surface area is 383 Å². The molecule has 0 saturated carbocycles. The first-order valence-electron chi connectivity index (χ1n) is 23.1. The molecule has 0 fully saturated rings. The first-order chi connectivity index (χ1) is 32.1. The van der Waals surface area contributed by atoms with Crippen LogP contribution in [0.15, 0.2) is 158 Å². The second-order valence-electron chi connectivity index (χ2n) is 16.8. The highest BCUT2D eigenvalue weighted by molar-refractivity contribution is 5.83. The summed E-state index contributed by atoms with van der Waals surface area (Å²) < 4.78 is 0. The lowest BCUT2D eigenvalue weighted by atomic mass is 9.70. The van der Waals surface area contributed by atoms with Gasteiger partial charge < -0.3 is 0 Å². The van der Waals surface area contributed by atoms with Crippen molar-refractivity contribution in [2.45, 2.75) is 83.5 Å². The predicted octanol–water partition coefficient (Wildman–Crippen LogP) is 13.7. The van der Waals surface area contributed by atoms with Crippen molar-refractivity contribution in [2.24, 2.45) is 0 Å². The van der Waals surface area contributed by atoms with E-state index in [2.05, 4.69) is 93.9 Å². The Hall–Kier alpha value is -7.54. The van der Waals surface area contributed by atoms with Crippen molar-refractivity contribution in [3.8, 4) is 80.4 Å². The number of fused-ring (bicyclic) bond motifs is 3. The van der Waals surface area contributed by atoms with E-state index in [4.69, 9.17) is 9.97 Å². The minimum absolute atomic E-state index is 0.147. The summed E-state index contributed by atoms with van der Waals surface area (Å²) >= 11 is 0. The van der Waals surface area contributed by atoms with Gasteiger partial charge in [0.2, 0.25) is 0 Å². The van der Waals surface area contributed by atoms with E-state index in [9.17, 15) is 0 Å². The van der Waals surface area contributed by atoms with Gasteiger partial charge in [0.05, 0.1) is 45.6 Å². The Balaban J connectivity index is 1.12. The Bertz CT molecular complexity index is 2690. The molecular formula is C59H52N6. The fraction of sp³-hybridized carbons (Fsp3) is 0.220. The molecule has 318 valence electrons. The molecule has 0 radical (unpaired) electrons. The van der Waals surface area contributed by atoms with E-state index in [0.29, 0.717) is 0 Å². The molecule has 0 amide bonds. The average molecular weight is 845 g/mol. The summed E-state index contributed by atoms with van der Waals surface area (Å²) in [5, 5.41) is 0. The van der Waals surface area contributed by atoms with E-state index < -0.39 is 0 Å². The summed E-state index contributed by atoms with van der Waals surface area (Å²) in [7, 11) is 0. The third-order valence-electron chi connectivity index (χ3n) is 12.3. The molecular weight excluding hydrogens is 793 g/mol. The van der Waals surface area contributed by atoms with Crippen LogP contribution in [0.5, 0.6) is 0 Å². The Morgan fingerprint density at radius 1 is 0.354 bits per heavy atom. The van der Waals surface area contributed by atoms with Crippen LogP contribution in [-0.4, -0.2) is 29.9 Å². The normalized spacial score (nSPS) is 12.0. The van der Waals surface area contributed by atoms with Crippen LogP contribution >= 0.6 is 0 Å². The van der Waals surface area contributed by atoms with Gasteiger partial charge in [0.25, 0.3) is 0 Å². The third-order valence-corrected chi connectivity index (χ3v) is 12.3. The number of nitrogens with zero attached hydrogens (tertiary/aromatic N) is 6. The smallest absolute Gasteiger partial charge is 0.0906 e. The lowest BCUT2D eigenvalue weighted by Crippen LogP contribution is -2.26. The largest absolute Gasteiger partial charge is 0.255 e. The van der Waals surface area contributed by atoms with Crippen LogP contribution in [0, 0.1) is 23.7 Å². The molecule has 0 atom stereocenters. The van der Waals surface area contributed by atoms with Gasteiger partial charge >= 0.3 is 0 Å². The zero-order valence-corrected chi connectivity index (χ0v) is 37.3. The van der Waals surface area contributed by atoms with Gasteiger partial charge in [-0.25, -0.2) is 9.97 Å². The van der Waals surface area contributed by atoms with Crippen LogP contribution in [0.3, 0.4) is 0 Å². The minimum Gasteiger partial charge on any atom is -0.255 e. The summed E-state index contributed by atoms with van der Waals surface area (Å²) in [6, 6.07) is 45.4. The maximum atomic E-state index is 4.96. The zero-order chi connectivity index (χ0) is 44.3. The first-order valence-corrected chi connectivity index (χ1v) is 23.1. The highest BCUT2D eigenvalue weighted by Crippen LogP contribution is 2.54. The second-order valence-corrected chi connectivity index (χ2v) is 16.8. The molecule has 6 aromatic heterocycles. The van der Waals surface area contributed by atoms with Gasteiger partial charge in [0.15, 0.2) is 0 Å². The van der Waals surface area contributed by atoms with E-state index in [0.717, 1.165) is 80.6 Å². The highest BCUT2D eigenvalue weighted by Gasteiger charge is 2.42. The van der Waals surface area contributed by atoms with Crippen molar-refractivity contribution in [2.75, 3.05) is 0 Å². The molecule has 0 aliphatic heterocycles. The number of hydrogen-bond donors (Lipinski definition) is 0. The SMILES string of the molecule is CCCCCCC1(CCCCCC)c2cc(C#Cc3cc(-c4ccccn4)nc(-c4ccccn4)c3)ccc2-c2ccc(C#Cc3cc(-c4ccccn4)nc(-c4ccccn4)c3)cc21. The number of aromatic nitrogens is 6. The number of rotatable bonds is 14. The predicted molar refractivity (Wildman–Crippen MR) is 264 cm³/mol. The fourth-order valence-corrected chi connectivity index (χ4v) is 9.10. The van der Waals surface area contributed by atoms with E-state index in [1.165, 1.54) is 73.6 Å². The summed E-state index contributed by atoms with van der Waals surface area (Å²) in [6.07, 6.45) is 19.0. The van der Waals surface area contributed by atoms with Crippen LogP contribution in [-0.2, 0) is 5.41 Å². The average Bonchev–Trinajstić information content (AvgIpc) is 3.63. The quantitative estimate of drug-likeness (QED) is 0.0801. The molecule has 6 nitrogen and oxygen atoms in total. The lowest BCUT2D eigenvalue weighted by molar-refractivity contribution is 0.401. The number of pyridine rings is 6. The first kappa shape index (κ1) is 42.7. The molecule has 6 heterocycles. The zero-order valence-electron chi connectivity index (χ0n) is 37.3. The summed E-state index contributed by atoms with van der Waals surface area (Å²) in [5.41, 5.74) is 15.3. The van der Waals surface area contributed by atoms with Gasteiger partial charge in [0, 0.05) is 52.5 Å². The van der Waals surface area contributed by atoms with E-state index in [1.54, 1.807) is 24.8 Å². The van der Waals surface area contributed by atoms with Crippen molar-refractivity contribution in [3.05, 3.63) is 192 Å². The van der Waals surface area contributed by atoms with E-state index >= 15 is 0 Å². The monoisotopic (exact) mass is 844 g/mol. The lowest BCUT2D eigenvalue weighted by Gasteiger charge is -2.33. The van der Waals surface area contributed by atoms with Gasteiger partial charge in [-0.05, 0) is 132 Å². The van der Waals surface area contributed by atoms with Crippen molar-refractivity contribution >= 4 is 0 Å². The number of unbranched alkanes of at least 4 members (excludes halogenated alkanes) is 6. The molecule has 0 saturated heterocycles. The molecule has 2 aromatic carbocycles. The van der Waals surface area contributed by atoms with Crippen LogP contribution in [0.2, 0.25) is 0 Å². The maximum Gasteiger partial charge on any atom is 0.0906 e. The Kier molecular flexibility index (Phi) is 13.4. The van der Waals surface area contributed by atoms with Crippen LogP contribution in [0.4, 0.5) is 0 Å². The molecule has 6 heteroatoms. The van der Waals surface area contributed by atoms with Gasteiger partial charge in [-0.3, -0.25) is 19.9 Å². The summed E-state index contributed by atoms with van der Waals surface area (Å²) in [6.45, 7) is 4.58. The van der Waals surface area contributed by atoms with Gasteiger partial charge in [-0.15, -0.1) is 0 Å². The fourth-order valence-electron chi connectivity index (χ4n) is 9.10. The Morgan fingerprint density at radius 3 is 1.03 bits per heavy atom. The summed E-state index contributed by atoms with van der Waals surface area (Å²) in [5.74, 6) is 14.3. The minimum atomic E-state index is -0.147. The molecule has 0 N–H and O–H groups in total. The van der Waals surface area contributed by atoms with Crippen LogP contribution in [0.1, 0.15) is 111 Å². The van der Waals surface area contributed by atoms with Gasteiger partial charge in [0.1, 0.15) is 0 Å². The topological polar surface area (TPSA) is 77.3 Å². The molecule has 0 unspecified atom stereocenters. The maximum absolute atomic E-state index is 4.96. The van der Waals surface area contributed by atoms with Gasteiger partial charge in [-0.1, -0.05) is 125 Å². The standard InChI is InChI=1S/C59H52N6/c1-3-5-7-13-31-59(32-14-8-6-4-2)49-37-43(23-25-45-39-55(51-19-9-15-33-60-51)64-56(40-45)52-20-10-16-34-61-52)27-29-47(49)48-30-28-44(38-50(48)59)24-26-46-41-57(53-21-11-17-35-62-53)65-58(42-46)54-22-12-18-36-63-54/h9-12,15-22,27-30,33-42H,3-8,13-14,31-32H2,1-2H3. The van der Waals surface area contributed by atoms with Crippen LogP contribution < -0.4 is 0 Å². The molecule has 1 aliphatic rings. The second kappa shape index (κ2) is 20.3. The van der Waals surface area contributed by atoms with Gasteiger partial charge in [-0.2, -0.15) is 0 Å². The molecule has 65 heavy (non-hydrogen) atoms. The molecule has 1 aliphatic carbocycles. The summed E-state index contributed by atoms with van der Waals surface area (Å²) in [4.78, 5) is 28.3. The highest BCUT2D eigenvalue weighted by atomic mass is 14.8. The number of benzene rings is 2. The van der Waals surface area contributed by atoms with E-state index in [-0.39, 0.29) is 5.41 Å². The van der Waals surface area contributed by atoms with Crippen molar-refractivity contribution < 1.29 is 0 Å². The number of hydrogen-bond acceptors (Lipinski definition) is 6. The van der Waals surface area contributed by atoms with Crippen molar-refractivity contribution in [3.63, 3.8) is 0 Å². The third kappa shape index (κ3) is 9.84. The Morgan fingerprint density at radius 2 is 0.708 bits per heavy atom.